The number of nitrogens with zero attached hydrogens (tertiary/aromatic N) is 5. The Morgan fingerprint density at radius 2 is 1.78 bits per heavy atom. The molecule has 1 aliphatic heterocycles. The summed E-state index contributed by atoms with van der Waals surface area (Å²) in [6.45, 7) is 8.55. The fraction of sp³-hybridized carbons (Fsp3) is 0.231. The zero-order valence-electron chi connectivity index (χ0n) is 18.6. The highest BCUT2D eigenvalue weighted by Crippen LogP contribution is 2.27. The van der Waals surface area contributed by atoms with E-state index in [1.54, 1.807) is 0 Å². The van der Waals surface area contributed by atoms with Gasteiger partial charge in [-0.1, -0.05) is 30.8 Å². The van der Waals surface area contributed by atoms with Gasteiger partial charge in [0.2, 0.25) is 0 Å². The van der Waals surface area contributed by atoms with Crippen molar-refractivity contribution >= 4 is 28.0 Å². The van der Waals surface area contributed by atoms with Crippen molar-refractivity contribution in [2.24, 2.45) is 7.05 Å². The molecule has 0 amide bonds. The van der Waals surface area contributed by atoms with Crippen molar-refractivity contribution < 1.29 is 0 Å². The smallest absolute Gasteiger partial charge is 0.130 e. The lowest BCUT2D eigenvalue weighted by molar-refractivity contribution is 0.313. The highest BCUT2D eigenvalue weighted by Gasteiger charge is 2.15. The lowest BCUT2D eigenvalue weighted by Gasteiger charge is -2.34. The van der Waals surface area contributed by atoms with E-state index in [0.717, 1.165) is 65.3 Å². The molecule has 1 saturated heterocycles. The van der Waals surface area contributed by atoms with E-state index in [2.05, 4.69) is 87.2 Å². The predicted octanol–water partition coefficient (Wildman–Crippen LogP) is 4.47. The molecule has 1 N–H and O–H groups in total. The minimum absolute atomic E-state index is 0.787. The number of hydrogen-bond donors (Lipinski definition) is 1. The van der Waals surface area contributed by atoms with Gasteiger partial charge in [-0.15, -0.1) is 0 Å². The van der Waals surface area contributed by atoms with Gasteiger partial charge in [0.05, 0.1) is 18.2 Å². The number of aryl methyl sites for hydroxylation is 1. The molecule has 0 aliphatic carbocycles. The second-order valence-electron chi connectivity index (χ2n) is 8.47. The van der Waals surface area contributed by atoms with Crippen LogP contribution in [-0.4, -0.2) is 52.7 Å². The van der Waals surface area contributed by atoms with Gasteiger partial charge in [-0.05, 0) is 42.3 Å². The quantitative estimate of drug-likeness (QED) is 0.512. The summed E-state index contributed by atoms with van der Waals surface area (Å²) in [5, 5.41) is 5.63. The molecule has 0 saturated carbocycles. The van der Waals surface area contributed by atoms with Gasteiger partial charge in [0.25, 0.3) is 0 Å². The van der Waals surface area contributed by atoms with Crippen LogP contribution in [0.4, 0.5) is 11.5 Å². The molecule has 2 aromatic carbocycles. The van der Waals surface area contributed by atoms with E-state index >= 15 is 0 Å². The number of rotatable bonds is 5. The molecule has 2 aromatic heterocycles. The summed E-state index contributed by atoms with van der Waals surface area (Å²) in [4.78, 5) is 13.6. The van der Waals surface area contributed by atoms with Gasteiger partial charge in [-0.2, -0.15) is 0 Å². The van der Waals surface area contributed by atoms with E-state index in [-0.39, 0.29) is 0 Å². The van der Waals surface area contributed by atoms with Crippen LogP contribution in [0.5, 0.6) is 0 Å². The van der Waals surface area contributed by atoms with E-state index in [4.69, 9.17) is 0 Å². The molecule has 1 fully saturated rings. The van der Waals surface area contributed by atoms with E-state index < -0.39 is 0 Å². The Balaban J connectivity index is 1.36. The van der Waals surface area contributed by atoms with Gasteiger partial charge in [0.15, 0.2) is 0 Å². The molecule has 6 heteroatoms. The van der Waals surface area contributed by atoms with Crippen molar-refractivity contribution in [2.75, 3.05) is 43.4 Å². The number of benzene rings is 2. The van der Waals surface area contributed by atoms with Crippen molar-refractivity contribution in [1.82, 2.24) is 19.4 Å². The Labute approximate surface area is 188 Å². The third kappa shape index (κ3) is 4.09. The molecule has 6 nitrogen and oxygen atoms in total. The minimum atomic E-state index is 0.787. The second-order valence-corrected chi connectivity index (χ2v) is 8.47. The van der Waals surface area contributed by atoms with Crippen molar-refractivity contribution in [2.45, 2.75) is 0 Å². The number of anilines is 2. The molecular formula is C26H28N6. The van der Waals surface area contributed by atoms with E-state index in [1.165, 1.54) is 5.69 Å². The van der Waals surface area contributed by atoms with Crippen molar-refractivity contribution in [3.8, 4) is 11.3 Å². The topological polar surface area (TPSA) is 49.2 Å². The summed E-state index contributed by atoms with van der Waals surface area (Å²) < 4.78 is 2.02. The molecule has 0 unspecified atom stereocenters. The van der Waals surface area contributed by atoms with Crippen LogP contribution in [0.3, 0.4) is 0 Å². The van der Waals surface area contributed by atoms with Crippen molar-refractivity contribution in [1.29, 1.82) is 0 Å². The molecule has 162 valence electrons. The summed E-state index contributed by atoms with van der Waals surface area (Å²) in [5.74, 6) is 0.787. The lowest BCUT2D eigenvalue weighted by Crippen LogP contribution is -2.44. The average Bonchev–Trinajstić information content (AvgIpc) is 3.25. The molecule has 4 aromatic rings. The van der Waals surface area contributed by atoms with Gasteiger partial charge in [-0.3, -0.25) is 0 Å². The average molecular weight is 425 g/mol. The molecule has 32 heavy (non-hydrogen) atoms. The summed E-state index contributed by atoms with van der Waals surface area (Å²) in [6.07, 6.45) is 5.61. The Bertz CT molecular complexity index is 1270. The largest absolute Gasteiger partial charge is 0.369 e. The second kappa shape index (κ2) is 8.48. The molecule has 0 spiro atoms. The van der Waals surface area contributed by atoms with Crippen LogP contribution in [0, 0.1) is 0 Å². The fourth-order valence-corrected chi connectivity index (χ4v) is 4.19. The van der Waals surface area contributed by atoms with Crippen LogP contribution in [0.2, 0.25) is 0 Å². The van der Waals surface area contributed by atoms with Crippen LogP contribution in [-0.2, 0) is 7.05 Å². The normalized spacial score (nSPS) is 14.6. The minimum Gasteiger partial charge on any atom is -0.369 e. The van der Waals surface area contributed by atoms with Crippen LogP contribution in [0.15, 0.2) is 73.8 Å². The van der Waals surface area contributed by atoms with Gasteiger partial charge in [0.1, 0.15) is 5.82 Å². The maximum absolute atomic E-state index is 4.60. The molecule has 0 atom stereocenters. The number of imidazole rings is 1. The molecule has 1 aliphatic rings. The van der Waals surface area contributed by atoms with Crippen LogP contribution < -0.4 is 10.2 Å². The third-order valence-electron chi connectivity index (χ3n) is 6.18. The fourth-order valence-electron chi connectivity index (χ4n) is 4.19. The van der Waals surface area contributed by atoms with Crippen molar-refractivity contribution in [3.05, 3.63) is 79.4 Å². The molecule has 0 bridgehead atoms. The Kier molecular flexibility index (Phi) is 5.37. The summed E-state index contributed by atoms with van der Waals surface area (Å²) >= 11 is 0. The first kappa shape index (κ1) is 20.3. The van der Waals surface area contributed by atoms with Crippen LogP contribution in [0.1, 0.15) is 5.56 Å². The SMILES string of the molecule is C=C(Nc1cc2cc(-c3cncn3C)ccc2cn1)c1cccc(N2CCN(C)CC2)c1. The lowest BCUT2D eigenvalue weighted by atomic mass is 10.1. The predicted molar refractivity (Wildman–Crippen MR) is 133 cm³/mol. The summed E-state index contributed by atoms with van der Waals surface area (Å²) in [7, 11) is 4.18. The summed E-state index contributed by atoms with van der Waals surface area (Å²) in [6, 6.07) is 17.0. The third-order valence-corrected chi connectivity index (χ3v) is 6.18. The maximum atomic E-state index is 4.60. The van der Waals surface area contributed by atoms with E-state index in [1.807, 2.05) is 30.3 Å². The molecule has 0 radical (unpaired) electrons. The number of hydrogen-bond acceptors (Lipinski definition) is 5. The monoisotopic (exact) mass is 424 g/mol. The van der Waals surface area contributed by atoms with Crippen molar-refractivity contribution in [3.63, 3.8) is 0 Å². The van der Waals surface area contributed by atoms with Gasteiger partial charge in [-0.25, -0.2) is 9.97 Å². The van der Waals surface area contributed by atoms with E-state index in [0.29, 0.717) is 0 Å². The highest BCUT2D eigenvalue weighted by atomic mass is 15.2. The molecular weight excluding hydrogens is 396 g/mol. The maximum Gasteiger partial charge on any atom is 0.130 e. The molecule has 3 heterocycles. The summed E-state index contributed by atoms with van der Waals surface area (Å²) in [5.41, 5.74) is 5.38. The number of fused-ring (bicyclic) bond motifs is 1. The van der Waals surface area contributed by atoms with Gasteiger partial charge < -0.3 is 19.7 Å². The number of nitrogens with one attached hydrogen (secondary N) is 1. The Morgan fingerprint density at radius 3 is 2.56 bits per heavy atom. The van der Waals surface area contributed by atoms with Gasteiger partial charge in [0, 0.05) is 61.8 Å². The van der Waals surface area contributed by atoms with Crippen LogP contribution in [0.25, 0.3) is 27.7 Å². The first-order chi connectivity index (χ1) is 15.6. The number of aromatic nitrogens is 3. The first-order valence-corrected chi connectivity index (χ1v) is 10.9. The van der Waals surface area contributed by atoms with Crippen LogP contribution >= 0.6 is 0 Å². The Morgan fingerprint density at radius 1 is 0.938 bits per heavy atom. The van der Waals surface area contributed by atoms with E-state index in [9.17, 15) is 0 Å². The molecule has 5 rings (SSSR count). The number of pyridine rings is 1. The van der Waals surface area contributed by atoms with Gasteiger partial charge >= 0.3 is 0 Å². The standard InChI is InChI=1S/C26H28N6/c1-19(20-5-4-6-24(14-20)32-11-9-30(2)10-12-32)29-26-15-23-13-21(7-8-22(23)16-28-26)25-17-27-18-31(25)3/h4-8,13-18H,1,9-12H2,2-3H3,(H,28,29). The zero-order valence-corrected chi connectivity index (χ0v) is 18.6. The highest BCUT2D eigenvalue weighted by molar-refractivity contribution is 5.89. The zero-order chi connectivity index (χ0) is 22.1. The number of piperazine rings is 1. The Hall–Kier alpha value is -3.64. The number of likely N-dealkylation sites (N-methyl/N-ethyl adjacent to an activating group) is 1. The first-order valence-electron chi connectivity index (χ1n) is 10.9.